The van der Waals surface area contributed by atoms with Crippen LogP contribution < -0.4 is 4.74 Å². The highest BCUT2D eigenvalue weighted by molar-refractivity contribution is 5.40. The van der Waals surface area contributed by atoms with E-state index in [1.165, 1.54) is 74.7 Å². The van der Waals surface area contributed by atoms with Crippen molar-refractivity contribution in [2.45, 2.75) is 77.0 Å². The molecule has 0 radical (unpaired) electrons. The summed E-state index contributed by atoms with van der Waals surface area (Å²) in [4.78, 5) is 6.73. The summed E-state index contributed by atoms with van der Waals surface area (Å²) < 4.78 is 5.98. The van der Waals surface area contributed by atoms with Gasteiger partial charge in [0.2, 0.25) is 0 Å². The summed E-state index contributed by atoms with van der Waals surface area (Å²) in [5, 5.41) is 0. The van der Waals surface area contributed by atoms with Crippen LogP contribution in [0.1, 0.15) is 94.0 Å². The van der Waals surface area contributed by atoms with Crippen molar-refractivity contribution in [3.05, 3.63) is 77.9 Å². The summed E-state index contributed by atoms with van der Waals surface area (Å²) in [6.07, 6.45) is 17.5. The summed E-state index contributed by atoms with van der Waals surface area (Å²) in [5.74, 6) is 1.15. The van der Waals surface area contributed by atoms with Gasteiger partial charge < -0.3 is 14.7 Å². The number of hydrogen-bond acceptors (Lipinski definition) is 1. The number of benzene rings is 1. The van der Waals surface area contributed by atoms with Crippen LogP contribution in [0.5, 0.6) is 5.75 Å². The molecule has 3 aromatic rings. The van der Waals surface area contributed by atoms with Gasteiger partial charge in [0.1, 0.15) is 5.75 Å². The van der Waals surface area contributed by atoms with E-state index in [2.05, 4.69) is 65.4 Å². The SMILES string of the molecule is CCCCCCCCCCCCOc1ccc(C(c2ccc[nH]2)c2ccc[nH]2)cc1. The van der Waals surface area contributed by atoms with Crippen molar-refractivity contribution in [1.29, 1.82) is 0 Å². The van der Waals surface area contributed by atoms with E-state index in [1.807, 2.05) is 12.4 Å². The predicted molar refractivity (Wildman–Crippen MR) is 126 cm³/mol. The molecule has 0 saturated carbocycles. The first-order chi connectivity index (χ1) is 14.9. The monoisotopic (exact) mass is 406 g/mol. The quantitative estimate of drug-likeness (QED) is 0.248. The van der Waals surface area contributed by atoms with Crippen molar-refractivity contribution in [2.75, 3.05) is 6.61 Å². The van der Waals surface area contributed by atoms with E-state index in [0.717, 1.165) is 18.8 Å². The Morgan fingerprint density at radius 2 is 1.20 bits per heavy atom. The minimum absolute atomic E-state index is 0.186. The van der Waals surface area contributed by atoms with E-state index in [-0.39, 0.29) is 5.92 Å². The van der Waals surface area contributed by atoms with Crippen LogP contribution in [-0.4, -0.2) is 16.6 Å². The third-order valence-electron chi connectivity index (χ3n) is 5.85. The molecule has 2 N–H and O–H groups in total. The van der Waals surface area contributed by atoms with Gasteiger partial charge in [-0.3, -0.25) is 0 Å². The fraction of sp³-hybridized carbons (Fsp3) is 0.481. The van der Waals surface area contributed by atoms with Crippen LogP contribution in [0, 0.1) is 0 Å². The molecule has 0 atom stereocenters. The van der Waals surface area contributed by atoms with Crippen LogP contribution in [0.25, 0.3) is 0 Å². The maximum atomic E-state index is 5.98. The van der Waals surface area contributed by atoms with Crippen molar-refractivity contribution in [2.24, 2.45) is 0 Å². The largest absolute Gasteiger partial charge is 0.494 e. The Kier molecular flexibility index (Phi) is 9.65. The molecule has 1 aromatic carbocycles. The third kappa shape index (κ3) is 7.12. The molecule has 2 aromatic heterocycles. The summed E-state index contributed by atoms with van der Waals surface area (Å²) in [6, 6.07) is 16.9. The van der Waals surface area contributed by atoms with Crippen LogP contribution in [0.2, 0.25) is 0 Å². The molecule has 0 amide bonds. The Bertz CT molecular complexity index is 741. The van der Waals surface area contributed by atoms with Gasteiger partial charge in [-0.1, -0.05) is 76.8 Å². The number of ether oxygens (including phenoxy) is 1. The minimum atomic E-state index is 0.186. The molecular weight excluding hydrogens is 368 g/mol. The fourth-order valence-electron chi connectivity index (χ4n) is 4.11. The summed E-state index contributed by atoms with van der Waals surface area (Å²) in [7, 11) is 0. The second kappa shape index (κ2) is 13.0. The van der Waals surface area contributed by atoms with Gasteiger partial charge >= 0.3 is 0 Å². The number of unbranched alkanes of at least 4 members (excludes halogenated alkanes) is 9. The fourth-order valence-corrected chi connectivity index (χ4v) is 4.11. The third-order valence-corrected chi connectivity index (χ3v) is 5.85. The number of hydrogen-bond donors (Lipinski definition) is 2. The first kappa shape index (κ1) is 22.3. The van der Waals surface area contributed by atoms with Crippen LogP contribution >= 0.6 is 0 Å². The molecule has 3 rings (SSSR count). The second-order valence-electron chi connectivity index (χ2n) is 8.28. The molecule has 0 spiro atoms. The van der Waals surface area contributed by atoms with Gasteiger partial charge in [-0.2, -0.15) is 0 Å². The second-order valence-corrected chi connectivity index (χ2v) is 8.28. The first-order valence-corrected chi connectivity index (χ1v) is 11.9. The molecule has 0 aliphatic rings. The van der Waals surface area contributed by atoms with E-state index in [0.29, 0.717) is 0 Å². The van der Waals surface area contributed by atoms with Gasteiger partial charge in [-0.15, -0.1) is 0 Å². The molecule has 2 heterocycles. The lowest BCUT2D eigenvalue weighted by molar-refractivity contribution is 0.304. The Morgan fingerprint density at radius 3 is 1.70 bits per heavy atom. The van der Waals surface area contributed by atoms with Crippen LogP contribution in [0.4, 0.5) is 0 Å². The number of H-pyrrole nitrogens is 2. The number of nitrogens with one attached hydrogen (secondary N) is 2. The van der Waals surface area contributed by atoms with E-state index < -0.39 is 0 Å². The van der Waals surface area contributed by atoms with Crippen LogP contribution in [0.3, 0.4) is 0 Å². The van der Waals surface area contributed by atoms with E-state index in [1.54, 1.807) is 0 Å². The predicted octanol–water partition coefficient (Wildman–Crippen LogP) is 7.82. The lowest BCUT2D eigenvalue weighted by Gasteiger charge is -2.16. The summed E-state index contributed by atoms with van der Waals surface area (Å²) in [5.41, 5.74) is 3.64. The molecule has 0 unspecified atom stereocenters. The van der Waals surface area contributed by atoms with Gasteiger partial charge in [-0.05, 0) is 48.4 Å². The maximum Gasteiger partial charge on any atom is 0.119 e. The topological polar surface area (TPSA) is 40.8 Å². The van der Waals surface area contributed by atoms with Gasteiger partial charge in [0.25, 0.3) is 0 Å². The number of rotatable bonds is 15. The standard InChI is InChI=1S/C27H38N2O/c1-2-3-4-5-6-7-8-9-10-11-22-30-24-18-16-23(17-19-24)27(25-14-12-20-28-25)26-15-13-21-29-26/h12-21,27-29H,2-11,22H2,1H3. The molecular formula is C27H38N2O. The van der Waals surface area contributed by atoms with Gasteiger partial charge in [0, 0.05) is 23.8 Å². The zero-order valence-corrected chi connectivity index (χ0v) is 18.5. The van der Waals surface area contributed by atoms with Gasteiger partial charge in [0.05, 0.1) is 12.5 Å². The Hall–Kier alpha value is -2.42. The lowest BCUT2D eigenvalue weighted by atomic mass is 9.92. The average Bonchev–Trinajstić information content (AvgIpc) is 3.48. The molecule has 0 aliphatic carbocycles. The highest BCUT2D eigenvalue weighted by Crippen LogP contribution is 2.31. The Balaban J connectivity index is 1.37. The number of aromatic nitrogens is 2. The number of aromatic amines is 2. The maximum absolute atomic E-state index is 5.98. The summed E-state index contributed by atoms with van der Waals surface area (Å²) >= 11 is 0. The molecule has 3 heteroatoms. The van der Waals surface area contributed by atoms with Crippen molar-refractivity contribution in [3.63, 3.8) is 0 Å². The minimum Gasteiger partial charge on any atom is -0.494 e. The zero-order valence-electron chi connectivity index (χ0n) is 18.5. The van der Waals surface area contributed by atoms with Crippen molar-refractivity contribution in [3.8, 4) is 5.75 Å². The Labute approximate surface area is 182 Å². The molecule has 30 heavy (non-hydrogen) atoms. The molecule has 0 bridgehead atoms. The highest BCUT2D eigenvalue weighted by atomic mass is 16.5. The van der Waals surface area contributed by atoms with Crippen molar-refractivity contribution < 1.29 is 4.74 Å². The van der Waals surface area contributed by atoms with Crippen LogP contribution in [0.15, 0.2) is 60.9 Å². The average molecular weight is 407 g/mol. The van der Waals surface area contributed by atoms with Gasteiger partial charge in [0.15, 0.2) is 0 Å². The molecule has 0 fully saturated rings. The lowest BCUT2D eigenvalue weighted by Crippen LogP contribution is -2.04. The van der Waals surface area contributed by atoms with E-state index in [4.69, 9.17) is 4.74 Å². The molecule has 0 aliphatic heterocycles. The van der Waals surface area contributed by atoms with E-state index in [9.17, 15) is 0 Å². The van der Waals surface area contributed by atoms with Crippen LogP contribution in [-0.2, 0) is 0 Å². The molecule has 162 valence electrons. The smallest absolute Gasteiger partial charge is 0.119 e. The normalized spacial score (nSPS) is 11.3. The summed E-state index contributed by atoms with van der Waals surface area (Å²) in [6.45, 7) is 3.09. The Morgan fingerprint density at radius 1 is 0.667 bits per heavy atom. The molecule has 0 saturated heterocycles. The highest BCUT2D eigenvalue weighted by Gasteiger charge is 2.18. The zero-order chi connectivity index (χ0) is 20.9. The van der Waals surface area contributed by atoms with Gasteiger partial charge in [-0.25, -0.2) is 0 Å². The first-order valence-electron chi connectivity index (χ1n) is 11.9. The van der Waals surface area contributed by atoms with Crippen molar-refractivity contribution >= 4 is 0 Å². The van der Waals surface area contributed by atoms with E-state index >= 15 is 0 Å². The van der Waals surface area contributed by atoms with Crippen molar-refractivity contribution in [1.82, 2.24) is 9.97 Å². The molecule has 3 nitrogen and oxygen atoms in total.